The summed E-state index contributed by atoms with van der Waals surface area (Å²) in [5.41, 5.74) is 0. The molecule has 0 saturated heterocycles. The SMILES string of the molecule is [CH]1C=CCC=CC=CC1. The molecule has 0 fully saturated rings. The topological polar surface area (TPSA) is 0 Å². The van der Waals surface area contributed by atoms with E-state index in [0.717, 1.165) is 12.8 Å². The van der Waals surface area contributed by atoms with E-state index in [1.54, 1.807) is 0 Å². The Morgan fingerprint density at radius 1 is 0.667 bits per heavy atom. The second-order valence-corrected chi connectivity index (χ2v) is 1.99. The molecule has 0 spiro atoms. The van der Waals surface area contributed by atoms with E-state index in [-0.39, 0.29) is 0 Å². The summed E-state index contributed by atoms with van der Waals surface area (Å²) in [6, 6.07) is 0. The molecule has 0 N–H and O–H groups in total. The Bertz CT molecular complexity index is 138. The monoisotopic (exact) mass is 119 g/mol. The molecule has 1 radical (unpaired) electrons. The molecule has 1 aliphatic carbocycles. The van der Waals surface area contributed by atoms with E-state index < -0.39 is 0 Å². The molecule has 0 saturated carbocycles. The van der Waals surface area contributed by atoms with Crippen molar-refractivity contribution < 1.29 is 0 Å². The van der Waals surface area contributed by atoms with Gasteiger partial charge in [0, 0.05) is 0 Å². The van der Waals surface area contributed by atoms with Crippen LogP contribution in [-0.2, 0) is 0 Å². The third-order valence-corrected chi connectivity index (χ3v) is 1.20. The summed E-state index contributed by atoms with van der Waals surface area (Å²) >= 11 is 0. The third kappa shape index (κ3) is 2.91. The van der Waals surface area contributed by atoms with Crippen molar-refractivity contribution in [2.45, 2.75) is 12.8 Å². The first kappa shape index (κ1) is 6.34. The average molecular weight is 119 g/mol. The largest absolute Gasteiger partial charge is 0.0844 e. The highest BCUT2D eigenvalue weighted by molar-refractivity contribution is 5.11. The van der Waals surface area contributed by atoms with Crippen LogP contribution in [0.1, 0.15) is 12.8 Å². The average Bonchev–Trinajstić information content (AvgIpc) is 2.00. The minimum Gasteiger partial charge on any atom is -0.0844 e. The van der Waals surface area contributed by atoms with Crippen LogP contribution in [0.25, 0.3) is 0 Å². The quantitative estimate of drug-likeness (QED) is 0.460. The predicted molar refractivity (Wildman–Crippen MR) is 41.0 cm³/mol. The van der Waals surface area contributed by atoms with Crippen molar-refractivity contribution in [3.05, 3.63) is 42.9 Å². The van der Waals surface area contributed by atoms with Gasteiger partial charge in [0.2, 0.25) is 0 Å². The van der Waals surface area contributed by atoms with E-state index in [4.69, 9.17) is 0 Å². The molecular formula is C9H11. The molecule has 0 nitrogen and oxygen atoms in total. The normalized spacial score (nSPS) is 18.7. The van der Waals surface area contributed by atoms with E-state index in [2.05, 4.69) is 42.9 Å². The standard InChI is InChI=1S/C9H11/c1-2-4-6-8-9-7-5-3-1/h1-4,7-9H,5-6H2. The van der Waals surface area contributed by atoms with Crippen molar-refractivity contribution in [2.75, 3.05) is 0 Å². The Labute approximate surface area is 56.6 Å². The van der Waals surface area contributed by atoms with Crippen molar-refractivity contribution in [3.63, 3.8) is 0 Å². The first-order chi connectivity index (χ1) is 4.50. The highest BCUT2D eigenvalue weighted by atomic mass is 13.8. The van der Waals surface area contributed by atoms with Gasteiger partial charge >= 0.3 is 0 Å². The smallest absolute Gasteiger partial charge is 0.0133 e. The van der Waals surface area contributed by atoms with Gasteiger partial charge in [0.15, 0.2) is 0 Å². The number of hydrogen-bond acceptors (Lipinski definition) is 0. The lowest BCUT2D eigenvalue weighted by Gasteiger charge is -1.80. The van der Waals surface area contributed by atoms with Gasteiger partial charge in [-0.15, -0.1) is 0 Å². The van der Waals surface area contributed by atoms with E-state index in [0.29, 0.717) is 0 Å². The van der Waals surface area contributed by atoms with Crippen LogP contribution in [0.3, 0.4) is 0 Å². The summed E-state index contributed by atoms with van der Waals surface area (Å²) in [6.07, 6.45) is 17.0. The molecule has 0 aromatic carbocycles. The van der Waals surface area contributed by atoms with Crippen LogP contribution in [0.5, 0.6) is 0 Å². The molecule has 47 valence electrons. The number of allylic oxidation sites excluding steroid dienone is 6. The van der Waals surface area contributed by atoms with Crippen LogP contribution in [0.4, 0.5) is 0 Å². The second-order valence-electron chi connectivity index (χ2n) is 1.99. The Kier molecular flexibility index (Phi) is 2.91. The lowest BCUT2D eigenvalue weighted by molar-refractivity contribution is 1.28. The predicted octanol–water partition coefficient (Wildman–Crippen LogP) is 2.65. The molecule has 1 rings (SSSR count). The van der Waals surface area contributed by atoms with Gasteiger partial charge in [-0.3, -0.25) is 0 Å². The molecule has 0 atom stereocenters. The molecule has 0 aromatic rings. The summed E-state index contributed by atoms with van der Waals surface area (Å²) in [5.74, 6) is 0. The molecular weight excluding hydrogens is 108 g/mol. The first-order valence-corrected chi connectivity index (χ1v) is 3.30. The van der Waals surface area contributed by atoms with Crippen molar-refractivity contribution >= 4 is 0 Å². The van der Waals surface area contributed by atoms with E-state index in [1.807, 2.05) is 0 Å². The zero-order valence-electron chi connectivity index (χ0n) is 5.46. The van der Waals surface area contributed by atoms with Crippen molar-refractivity contribution in [1.82, 2.24) is 0 Å². The fraction of sp³-hybridized carbons (Fsp3) is 0.222. The summed E-state index contributed by atoms with van der Waals surface area (Å²) in [7, 11) is 0. The van der Waals surface area contributed by atoms with Gasteiger partial charge in [0.05, 0.1) is 0 Å². The van der Waals surface area contributed by atoms with Gasteiger partial charge in [-0.2, -0.15) is 0 Å². The van der Waals surface area contributed by atoms with Crippen molar-refractivity contribution in [2.24, 2.45) is 0 Å². The highest BCUT2D eigenvalue weighted by Gasteiger charge is 1.78. The van der Waals surface area contributed by atoms with Crippen LogP contribution < -0.4 is 0 Å². The van der Waals surface area contributed by atoms with Gasteiger partial charge in [-0.1, -0.05) is 36.5 Å². The molecule has 1 aliphatic rings. The Morgan fingerprint density at radius 3 is 2.22 bits per heavy atom. The third-order valence-electron chi connectivity index (χ3n) is 1.20. The van der Waals surface area contributed by atoms with E-state index in [9.17, 15) is 0 Å². The molecule has 9 heavy (non-hydrogen) atoms. The Hall–Kier alpha value is -0.780. The van der Waals surface area contributed by atoms with Crippen LogP contribution in [-0.4, -0.2) is 0 Å². The lowest BCUT2D eigenvalue weighted by Crippen LogP contribution is -1.62. The number of hydrogen-bond donors (Lipinski definition) is 0. The number of rotatable bonds is 0. The van der Waals surface area contributed by atoms with Gasteiger partial charge in [0.1, 0.15) is 0 Å². The maximum absolute atomic E-state index is 2.16. The van der Waals surface area contributed by atoms with Crippen LogP contribution >= 0.6 is 0 Å². The maximum atomic E-state index is 2.16. The Balaban J connectivity index is 2.43. The summed E-state index contributed by atoms with van der Waals surface area (Å²) in [4.78, 5) is 0. The fourth-order valence-electron chi connectivity index (χ4n) is 0.725. The zero-order valence-corrected chi connectivity index (χ0v) is 5.46. The summed E-state index contributed by atoms with van der Waals surface area (Å²) in [5, 5.41) is 0. The molecule has 0 unspecified atom stereocenters. The van der Waals surface area contributed by atoms with Crippen LogP contribution in [0.2, 0.25) is 0 Å². The lowest BCUT2D eigenvalue weighted by atomic mass is 10.3. The maximum Gasteiger partial charge on any atom is -0.0133 e. The summed E-state index contributed by atoms with van der Waals surface area (Å²) in [6.45, 7) is 0. The van der Waals surface area contributed by atoms with Crippen LogP contribution in [0, 0.1) is 6.42 Å². The molecule has 0 aromatic heterocycles. The fourth-order valence-corrected chi connectivity index (χ4v) is 0.725. The van der Waals surface area contributed by atoms with Gasteiger partial charge in [-0.05, 0) is 19.3 Å². The van der Waals surface area contributed by atoms with Crippen molar-refractivity contribution in [1.29, 1.82) is 0 Å². The van der Waals surface area contributed by atoms with Gasteiger partial charge in [0.25, 0.3) is 0 Å². The molecule has 0 heteroatoms. The summed E-state index contributed by atoms with van der Waals surface area (Å²) < 4.78 is 0. The molecule has 0 amide bonds. The van der Waals surface area contributed by atoms with Crippen LogP contribution in [0.15, 0.2) is 36.5 Å². The highest BCUT2D eigenvalue weighted by Crippen LogP contribution is 1.97. The van der Waals surface area contributed by atoms with E-state index >= 15 is 0 Å². The second kappa shape index (κ2) is 4.13. The van der Waals surface area contributed by atoms with Gasteiger partial charge in [-0.25, -0.2) is 0 Å². The Morgan fingerprint density at radius 2 is 1.33 bits per heavy atom. The van der Waals surface area contributed by atoms with Crippen molar-refractivity contribution in [3.8, 4) is 0 Å². The van der Waals surface area contributed by atoms with E-state index in [1.165, 1.54) is 0 Å². The first-order valence-electron chi connectivity index (χ1n) is 3.30. The molecule has 0 aliphatic heterocycles. The molecule has 0 bridgehead atoms. The minimum absolute atomic E-state index is 1.06. The molecule has 0 heterocycles. The van der Waals surface area contributed by atoms with Gasteiger partial charge < -0.3 is 0 Å². The minimum atomic E-state index is 1.06. The zero-order chi connectivity index (χ0) is 6.36.